The zero-order valence-electron chi connectivity index (χ0n) is 12.7. The maximum absolute atomic E-state index is 11.7. The molecule has 0 atom stereocenters. The van der Waals surface area contributed by atoms with Crippen molar-refractivity contribution in [1.82, 2.24) is 0 Å². The molecular weight excluding hydrogens is 335 g/mol. The van der Waals surface area contributed by atoms with Crippen LogP contribution in [0.5, 0.6) is 0 Å². The van der Waals surface area contributed by atoms with Gasteiger partial charge in [0.1, 0.15) is 10.1 Å². The van der Waals surface area contributed by atoms with Crippen molar-refractivity contribution >= 4 is 32.8 Å². The fourth-order valence-corrected chi connectivity index (χ4v) is 2.75. The summed E-state index contributed by atoms with van der Waals surface area (Å²) < 4.78 is 43.2. The average molecular weight is 346 g/mol. The van der Waals surface area contributed by atoms with E-state index >= 15 is 0 Å². The fraction of sp³-hybridized carbons (Fsp3) is 0.143. The van der Waals surface area contributed by atoms with Crippen molar-refractivity contribution in [2.24, 2.45) is 0 Å². The van der Waals surface area contributed by atoms with E-state index in [1.165, 1.54) is 38.5 Å². The first-order chi connectivity index (χ1) is 10.3. The van der Waals surface area contributed by atoms with Gasteiger partial charge in [-0.05, 0) is 29.7 Å². The molecule has 0 unspecified atom stereocenters. The first-order valence-corrected chi connectivity index (χ1v) is 7.39. The average Bonchev–Trinajstić information content (AvgIpc) is 2.50. The number of hydrogen-bond acceptors (Lipinski definition) is 7. The second-order valence-corrected chi connectivity index (χ2v) is 5.66. The predicted molar refractivity (Wildman–Crippen MR) is 74.6 cm³/mol. The molecule has 0 saturated heterocycles. The molecule has 116 valence electrons. The Morgan fingerprint density at radius 3 is 2.09 bits per heavy atom. The van der Waals surface area contributed by atoms with Gasteiger partial charge in [-0.2, -0.15) is 0 Å². The monoisotopic (exact) mass is 346 g/mol. The Bertz CT molecular complexity index is 874. The summed E-state index contributed by atoms with van der Waals surface area (Å²) in [5, 5.41) is 0.150. The summed E-state index contributed by atoms with van der Waals surface area (Å²) in [6, 6.07) is 6.12. The number of carbonyl (C=O) groups is 2. The van der Waals surface area contributed by atoms with E-state index in [0.717, 1.165) is 6.07 Å². The first-order valence-electron chi connectivity index (χ1n) is 5.99. The quantitative estimate of drug-likeness (QED) is 0.371. The molecule has 23 heavy (non-hydrogen) atoms. The largest absolute Gasteiger partial charge is 1.00 e. The molecule has 7 nitrogen and oxygen atoms in total. The summed E-state index contributed by atoms with van der Waals surface area (Å²) in [6.45, 7) is 0. The van der Waals surface area contributed by atoms with Gasteiger partial charge < -0.3 is 14.0 Å². The van der Waals surface area contributed by atoms with Crippen LogP contribution in [0.15, 0.2) is 35.2 Å². The Labute approximate surface area is 154 Å². The Hall–Kier alpha value is -1.45. The summed E-state index contributed by atoms with van der Waals surface area (Å²) in [4.78, 5) is 22.7. The normalized spacial score (nSPS) is 10.7. The summed E-state index contributed by atoms with van der Waals surface area (Å²) in [5.41, 5.74) is 0.142. The van der Waals surface area contributed by atoms with Crippen LogP contribution in [-0.4, -0.2) is 39.1 Å². The molecule has 0 fully saturated rings. The van der Waals surface area contributed by atoms with Gasteiger partial charge in [0.15, 0.2) is 0 Å². The zero-order chi connectivity index (χ0) is 16.5. The van der Waals surface area contributed by atoms with E-state index < -0.39 is 27.0 Å². The zero-order valence-corrected chi connectivity index (χ0v) is 15.5. The van der Waals surface area contributed by atoms with E-state index in [1.807, 2.05) is 0 Å². The molecule has 0 saturated carbocycles. The smallest absolute Gasteiger partial charge is 0.744 e. The topological polar surface area (TPSA) is 110 Å². The third kappa shape index (κ3) is 3.91. The molecule has 0 amide bonds. The van der Waals surface area contributed by atoms with Gasteiger partial charge in [-0.1, -0.05) is 6.07 Å². The van der Waals surface area contributed by atoms with Crippen LogP contribution in [0.2, 0.25) is 0 Å². The Kier molecular flexibility index (Phi) is 6.32. The Balaban J connectivity index is 0.00000264. The molecular formula is C14H11NaO7S. The van der Waals surface area contributed by atoms with E-state index in [0.29, 0.717) is 0 Å². The van der Waals surface area contributed by atoms with Crippen LogP contribution < -0.4 is 29.6 Å². The van der Waals surface area contributed by atoms with E-state index in [-0.39, 0.29) is 51.5 Å². The number of carbonyl (C=O) groups excluding carboxylic acids is 2. The van der Waals surface area contributed by atoms with E-state index in [1.54, 1.807) is 0 Å². The second kappa shape index (κ2) is 7.41. The molecule has 2 aromatic carbocycles. The number of fused-ring (bicyclic) bond motifs is 1. The van der Waals surface area contributed by atoms with Gasteiger partial charge in [0.2, 0.25) is 0 Å². The van der Waals surface area contributed by atoms with Crippen molar-refractivity contribution in [2.75, 3.05) is 14.2 Å². The molecule has 2 aromatic rings. The predicted octanol–water partition coefficient (Wildman–Crippen LogP) is -1.68. The molecule has 0 radical (unpaired) electrons. The third-order valence-electron chi connectivity index (χ3n) is 3.07. The van der Waals surface area contributed by atoms with Gasteiger partial charge in [0.05, 0.1) is 30.2 Å². The van der Waals surface area contributed by atoms with Crippen LogP contribution in [0.3, 0.4) is 0 Å². The van der Waals surface area contributed by atoms with Gasteiger partial charge in [0.25, 0.3) is 0 Å². The van der Waals surface area contributed by atoms with Crippen LogP contribution in [0.1, 0.15) is 20.7 Å². The van der Waals surface area contributed by atoms with Crippen molar-refractivity contribution in [3.05, 3.63) is 41.5 Å². The maximum Gasteiger partial charge on any atom is 1.00 e. The van der Waals surface area contributed by atoms with Crippen molar-refractivity contribution in [2.45, 2.75) is 4.90 Å². The van der Waals surface area contributed by atoms with Crippen molar-refractivity contribution in [3.8, 4) is 0 Å². The van der Waals surface area contributed by atoms with Gasteiger partial charge in [-0.3, -0.25) is 0 Å². The number of methoxy groups -OCH3 is 2. The van der Waals surface area contributed by atoms with Crippen LogP contribution in [-0.2, 0) is 19.6 Å². The molecule has 9 heteroatoms. The van der Waals surface area contributed by atoms with Crippen LogP contribution in [0.4, 0.5) is 0 Å². The summed E-state index contributed by atoms with van der Waals surface area (Å²) >= 11 is 0. The minimum absolute atomic E-state index is 0. The van der Waals surface area contributed by atoms with E-state index in [4.69, 9.17) is 0 Å². The minimum atomic E-state index is -4.78. The van der Waals surface area contributed by atoms with E-state index in [9.17, 15) is 22.6 Å². The number of hydrogen-bond donors (Lipinski definition) is 0. The first kappa shape index (κ1) is 19.6. The standard InChI is InChI=1S/C14H12O7S.Na/c1-20-13(15)8-3-4-9-10(14(16)21-2)5-6-12(11(9)7-8)22(17,18)19;/h3-7H,1-2H3,(H,17,18,19);/q;+1/p-1. The minimum Gasteiger partial charge on any atom is -0.744 e. The van der Waals surface area contributed by atoms with Crippen molar-refractivity contribution < 1.29 is 61.6 Å². The van der Waals surface area contributed by atoms with E-state index in [2.05, 4.69) is 9.47 Å². The van der Waals surface area contributed by atoms with Crippen LogP contribution in [0, 0.1) is 0 Å². The second-order valence-electron chi connectivity index (χ2n) is 4.31. The molecule has 2 rings (SSSR count). The molecule has 0 N–H and O–H groups in total. The van der Waals surface area contributed by atoms with Crippen LogP contribution >= 0.6 is 0 Å². The molecule has 0 heterocycles. The SMILES string of the molecule is COC(=O)c1ccc2c(C(=O)OC)ccc(S(=O)(=O)[O-])c2c1.[Na+]. The molecule has 0 spiro atoms. The molecule has 0 aliphatic rings. The molecule has 0 aromatic heterocycles. The van der Waals surface area contributed by atoms with Crippen molar-refractivity contribution in [1.29, 1.82) is 0 Å². The Morgan fingerprint density at radius 1 is 0.957 bits per heavy atom. The van der Waals surface area contributed by atoms with Gasteiger partial charge in [0, 0.05) is 5.39 Å². The Morgan fingerprint density at radius 2 is 1.57 bits per heavy atom. The van der Waals surface area contributed by atoms with Gasteiger partial charge >= 0.3 is 41.5 Å². The fourth-order valence-electron chi connectivity index (χ4n) is 2.07. The maximum atomic E-state index is 11.7. The van der Waals surface area contributed by atoms with Crippen molar-refractivity contribution in [3.63, 3.8) is 0 Å². The third-order valence-corrected chi connectivity index (χ3v) is 3.97. The van der Waals surface area contributed by atoms with Crippen LogP contribution in [0.25, 0.3) is 10.8 Å². The summed E-state index contributed by atoms with van der Waals surface area (Å²) in [7, 11) is -2.44. The molecule has 0 bridgehead atoms. The number of rotatable bonds is 3. The van der Waals surface area contributed by atoms with Gasteiger partial charge in [-0.15, -0.1) is 0 Å². The molecule has 0 aliphatic heterocycles. The number of esters is 2. The van der Waals surface area contributed by atoms with Gasteiger partial charge in [-0.25, -0.2) is 18.0 Å². The number of benzene rings is 2. The summed E-state index contributed by atoms with van der Waals surface area (Å²) in [6.07, 6.45) is 0. The summed E-state index contributed by atoms with van der Waals surface area (Å²) in [5.74, 6) is -1.38. The number of ether oxygens (including phenoxy) is 2. The molecule has 0 aliphatic carbocycles.